The highest BCUT2D eigenvalue weighted by molar-refractivity contribution is 7.84. The van der Waals surface area contributed by atoms with Crippen LogP contribution < -0.4 is 4.90 Å². The van der Waals surface area contributed by atoms with E-state index in [2.05, 4.69) is 27.0 Å². The van der Waals surface area contributed by atoms with Gasteiger partial charge in [-0.2, -0.15) is 0 Å². The molecule has 29 heavy (non-hydrogen) atoms. The van der Waals surface area contributed by atoms with Crippen LogP contribution in [0.1, 0.15) is 12.8 Å². The normalized spacial score (nSPS) is 18.2. The number of rotatable bonds is 4. The number of fused-ring (bicyclic) bond motifs is 1. The summed E-state index contributed by atoms with van der Waals surface area (Å²) in [5.41, 5.74) is 4.05. The molecule has 1 aliphatic heterocycles. The van der Waals surface area contributed by atoms with Gasteiger partial charge in [0.2, 0.25) is 5.91 Å². The maximum atomic E-state index is 12.3. The average molecular weight is 409 g/mol. The summed E-state index contributed by atoms with van der Waals surface area (Å²) in [4.78, 5) is 25.4. The third-order valence-electron chi connectivity index (χ3n) is 5.86. The van der Waals surface area contributed by atoms with Crippen molar-refractivity contribution >= 4 is 33.4 Å². The van der Waals surface area contributed by atoms with Gasteiger partial charge in [-0.1, -0.05) is 12.1 Å². The van der Waals surface area contributed by atoms with Gasteiger partial charge in [-0.15, -0.1) is 0 Å². The summed E-state index contributed by atoms with van der Waals surface area (Å²) in [6.45, 7) is 3.25. The van der Waals surface area contributed by atoms with Crippen molar-refractivity contribution in [2.24, 2.45) is 5.92 Å². The molecule has 1 atom stereocenters. The van der Waals surface area contributed by atoms with Crippen LogP contribution in [-0.4, -0.2) is 57.4 Å². The van der Waals surface area contributed by atoms with Gasteiger partial charge in [0.05, 0.1) is 0 Å². The third kappa shape index (κ3) is 3.55. The van der Waals surface area contributed by atoms with Crippen molar-refractivity contribution in [1.29, 1.82) is 0 Å². The first-order valence-corrected chi connectivity index (χ1v) is 11.6. The van der Waals surface area contributed by atoms with Gasteiger partial charge in [-0.3, -0.25) is 9.00 Å². The minimum absolute atomic E-state index is 0.290. The number of carbonyl (C=O) groups is 1. The van der Waals surface area contributed by atoms with Crippen molar-refractivity contribution in [2.45, 2.75) is 17.7 Å². The zero-order valence-corrected chi connectivity index (χ0v) is 17.2. The summed E-state index contributed by atoms with van der Waals surface area (Å²) in [5.74, 6) is 0.628. The van der Waals surface area contributed by atoms with E-state index >= 15 is 0 Å². The topological polar surface area (TPSA) is 69.3 Å². The van der Waals surface area contributed by atoms with E-state index in [1.165, 1.54) is 0 Å². The molecule has 7 heteroatoms. The minimum Gasteiger partial charge on any atom is -0.367 e. The fraction of sp³-hybridized carbons (Fsp3) is 0.364. The van der Waals surface area contributed by atoms with Gasteiger partial charge in [0.15, 0.2) is 0 Å². The van der Waals surface area contributed by atoms with E-state index in [9.17, 15) is 9.00 Å². The lowest BCUT2D eigenvalue weighted by molar-refractivity contribution is -0.132. The predicted molar refractivity (Wildman–Crippen MR) is 115 cm³/mol. The van der Waals surface area contributed by atoms with E-state index in [4.69, 9.17) is 0 Å². The van der Waals surface area contributed by atoms with Crippen molar-refractivity contribution < 1.29 is 9.00 Å². The Balaban J connectivity index is 1.39. The van der Waals surface area contributed by atoms with Crippen molar-refractivity contribution in [1.82, 2.24) is 14.9 Å². The molecule has 1 aromatic carbocycles. The van der Waals surface area contributed by atoms with E-state index in [-0.39, 0.29) is 5.92 Å². The number of carbonyl (C=O) groups excluding carboxylic acids is 1. The molecule has 1 saturated carbocycles. The van der Waals surface area contributed by atoms with E-state index in [0.717, 1.165) is 71.9 Å². The number of benzene rings is 1. The van der Waals surface area contributed by atoms with Crippen LogP contribution in [-0.2, 0) is 15.6 Å². The van der Waals surface area contributed by atoms with Crippen LogP contribution in [0.2, 0.25) is 0 Å². The van der Waals surface area contributed by atoms with Crippen LogP contribution in [0.15, 0.2) is 47.5 Å². The average Bonchev–Trinajstić information content (AvgIpc) is 3.51. The summed E-state index contributed by atoms with van der Waals surface area (Å²) in [5, 5.41) is 1.09. The lowest BCUT2D eigenvalue weighted by Crippen LogP contribution is -2.49. The Morgan fingerprint density at radius 3 is 2.48 bits per heavy atom. The van der Waals surface area contributed by atoms with Gasteiger partial charge < -0.3 is 14.8 Å². The van der Waals surface area contributed by atoms with Crippen LogP contribution in [0.3, 0.4) is 0 Å². The molecule has 1 amide bonds. The first kappa shape index (κ1) is 18.4. The van der Waals surface area contributed by atoms with Crippen molar-refractivity contribution in [3.63, 3.8) is 0 Å². The van der Waals surface area contributed by atoms with Crippen LogP contribution >= 0.6 is 0 Å². The first-order valence-electron chi connectivity index (χ1n) is 10.1. The SMILES string of the molecule is CS(=O)c1ccc(-c2cc3c(N4CCN(C(=O)C5CC5)CC4)ccnc3[nH]2)cc1. The van der Waals surface area contributed by atoms with E-state index in [1.54, 1.807) is 6.26 Å². The fourth-order valence-corrected chi connectivity index (χ4v) is 4.55. The third-order valence-corrected chi connectivity index (χ3v) is 6.80. The van der Waals surface area contributed by atoms with Gasteiger partial charge in [0, 0.05) is 77.0 Å². The first-order chi connectivity index (χ1) is 14.1. The number of hydrogen-bond donors (Lipinski definition) is 1. The van der Waals surface area contributed by atoms with Gasteiger partial charge in [0.25, 0.3) is 0 Å². The van der Waals surface area contributed by atoms with E-state index in [0.29, 0.717) is 5.91 Å². The molecule has 1 unspecified atom stereocenters. The Bertz CT molecular complexity index is 1080. The second kappa shape index (κ2) is 7.30. The molecule has 0 spiro atoms. The second-order valence-corrected chi connectivity index (χ2v) is 9.22. The number of nitrogens with zero attached hydrogens (tertiary/aromatic N) is 3. The van der Waals surface area contributed by atoms with Crippen molar-refractivity contribution in [3.05, 3.63) is 42.6 Å². The van der Waals surface area contributed by atoms with Crippen LogP contribution in [0.4, 0.5) is 5.69 Å². The number of H-pyrrole nitrogens is 1. The summed E-state index contributed by atoms with van der Waals surface area (Å²) in [7, 11) is -0.978. The predicted octanol–water partition coefficient (Wildman–Crippen LogP) is 3.03. The molecule has 5 rings (SSSR count). The zero-order chi connectivity index (χ0) is 20.0. The largest absolute Gasteiger partial charge is 0.367 e. The molecule has 3 aromatic rings. The Morgan fingerprint density at radius 2 is 1.83 bits per heavy atom. The molecule has 2 aromatic heterocycles. The molecular formula is C22H24N4O2S. The Hall–Kier alpha value is -2.67. The number of piperazine rings is 1. The Morgan fingerprint density at radius 1 is 1.10 bits per heavy atom. The number of pyridine rings is 1. The molecular weight excluding hydrogens is 384 g/mol. The number of anilines is 1. The number of aromatic nitrogens is 2. The van der Waals surface area contributed by atoms with Crippen molar-refractivity contribution in [2.75, 3.05) is 37.3 Å². The Labute approximate surface area is 172 Å². The fourth-order valence-electron chi connectivity index (χ4n) is 4.03. The van der Waals surface area contributed by atoms with Crippen molar-refractivity contribution in [3.8, 4) is 11.3 Å². The molecule has 1 N–H and O–H groups in total. The number of aromatic amines is 1. The molecule has 150 valence electrons. The van der Waals surface area contributed by atoms with Gasteiger partial charge in [-0.25, -0.2) is 4.98 Å². The number of hydrogen-bond acceptors (Lipinski definition) is 4. The molecule has 0 bridgehead atoms. The maximum absolute atomic E-state index is 12.3. The molecule has 3 heterocycles. The molecule has 2 fully saturated rings. The Kier molecular flexibility index (Phi) is 4.62. The van der Waals surface area contributed by atoms with E-state index in [1.807, 2.05) is 35.4 Å². The van der Waals surface area contributed by atoms with Gasteiger partial charge in [0.1, 0.15) is 5.65 Å². The van der Waals surface area contributed by atoms with Crippen LogP contribution in [0.25, 0.3) is 22.3 Å². The number of nitrogens with one attached hydrogen (secondary N) is 1. The molecule has 0 radical (unpaired) electrons. The summed E-state index contributed by atoms with van der Waals surface area (Å²) >= 11 is 0. The monoisotopic (exact) mass is 408 g/mol. The van der Waals surface area contributed by atoms with Crippen LogP contribution in [0.5, 0.6) is 0 Å². The minimum atomic E-state index is -0.978. The van der Waals surface area contributed by atoms with Gasteiger partial charge in [-0.05, 0) is 42.7 Å². The summed E-state index contributed by atoms with van der Waals surface area (Å²) in [6, 6.07) is 12.0. The number of amides is 1. The van der Waals surface area contributed by atoms with Gasteiger partial charge >= 0.3 is 0 Å². The highest BCUT2D eigenvalue weighted by Gasteiger charge is 2.34. The molecule has 1 aliphatic carbocycles. The highest BCUT2D eigenvalue weighted by atomic mass is 32.2. The highest BCUT2D eigenvalue weighted by Crippen LogP contribution is 2.33. The smallest absolute Gasteiger partial charge is 0.225 e. The molecule has 2 aliphatic rings. The zero-order valence-electron chi connectivity index (χ0n) is 16.4. The lowest BCUT2D eigenvalue weighted by atomic mass is 10.1. The van der Waals surface area contributed by atoms with E-state index < -0.39 is 10.8 Å². The lowest BCUT2D eigenvalue weighted by Gasteiger charge is -2.36. The maximum Gasteiger partial charge on any atom is 0.225 e. The molecule has 1 saturated heterocycles. The van der Waals surface area contributed by atoms with Crippen LogP contribution in [0, 0.1) is 5.92 Å². The summed E-state index contributed by atoms with van der Waals surface area (Å²) < 4.78 is 11.6. The quantitative estimate of drug-likeness (QED) is 0.721. The standard InChI is InChI=1S/C22H24N4O2S/c1-29(28)17-6-4-15(5-7-17)19-14-18-20(8-9-23-21(18)24-19)25-10-12-26(13-11-25)22(27)16-2-3-16/h4-9,14,16H,2-3,10-13H2,1H3,(H,23,24). The molecule has 6 nitrogen and oxygen atoms in total. The summed E-state index contributed by atoms with van der Waals surface area (Å²) in [6.07, 6.45) is 5.64. The second-order valence-electron chi connectivity index (χ2n) is 7.84.